The third kappa shape index (κ3) is 11.0. The molecule has 1 aromatic carbocycles. The average Bonchev–Trinajstić information content (AvgIpc) is 2.79. The van der Waals surface area contributed by atoms with Crippen molar-refractivity contribution in [2.45, 2.75) is 43.8 Å². The number of thioether (sulfide) groups is 1. The number of phenolic OH excluding ortho intramolecular Hbond substituents is 1. The molecule has 0 saturated carbocycles. The Balaban J connectivity index is 2.65. The quantitative estimate of drug-likeness (QED) is 0.149. The minimum Gasteiger partial charge on any atom is -0.508 e. The SMILES string of the molecule is CSCCC(NC(=O)C(N)CCC(N)=O)C(=O)NCC(=O)NC(Cc1ccc(O)cc1)C(=O)O. The van der Waals surface area contributed by atoms with Crippen LogP contribution in [0.25, 0.3) is 0 Å². The fraction of sp³-hybridized carbons (Fsp3) is 0.476. The smallest absolute Gasteiger partial charge is 0.326 e. The number of carbonyl (C=O) groups is 5. The highest BCUT2D eigenvalue weighted by Crippen LogP contribution is 2.11. The molecule has 12 nitrogen and oxygen atoms in total. The van der Waals surface area contributed by atoms with Crippen LogP contribution in [0.2, 0.25) is 0 Å². The van der Waals surface area contributed by atoms with Gasteiger partial charge in [0.25, 0.3) is 0 Å². The molecule has 34 heavy (non-hydrogen) atoms. The van der Waals surface area contributed by atoms with Gasteiger partial charge in [-0.3, -0.25) is 19.2 Å². The number of carboxylic acid groups (broad SMARTS) is 1. The van der Waals surface area contributed by atoms with Gasteiger partial charge in [0.2, 0.25) is 23.6 Å². The topological polar surface area (TPSA) is 214 Å². The molecule has 1 aromatic rings. The van der Waals surface area contributed by atoms with E-state index in [4.69, 9.17) is 11.5 Å². The van der Waals surface area contributed by atoms with Gasteiger partial charge in [0, 0.05) is 12.8 Å². The normalized spacial score (nSPS) is 13.2. The number of benzene rings is 1. The van der Waals surface area contributed by atoms with Crippen LogP contribution in [-0.2, 0) is 30.4 Å². The zero-order valence-corrected chi connectivity index (χ0v) is 19.6. The van der Waals surface area contributed by atoms with Gasteiger partial charge in [0.1, 0.15) is 17.8 Å². The van der Waals surface area contributed by atoms with Gasteiger partial charge >= 0.3 is 5.97 Å². The van der Waals surface area contributed by atoms with E-state index in [1.54, 1.807) is 0 Å². The highest BCUT2D eigenvalue weighted by molar-refractivity contribution is 7.98. The Morgan fingerprint density at radius 3 is 2.21 bits per heavy atom. The van der Waals surface area contributed by atoms with Crippen LogP contribution in [0.1, 0.15) is 24.8 Å². The molecular formula is C21H31N5O7S. The lowest BCUT2D eigenvalue weighted by atomic mass is 10.1. The van der Waals surface area contributed by atoms with Crippen molar-refractivity contribution in [3.63, 3.8) is 0 Å². The number of aromatic hydroxyl groups is 1. The van der Waals surface area contributed by atoms with Gasteiger partial charge in [-0.2, -0.15) is 11.8 Å². The summed E-state index contributed by atoms with van der Waals surface area (Å²) >= 11 is 1.45. The number of aliphatic carboxylic acids is 1. The summed E-state index contributed by atoms with van der Waals surface area (Å²) in [7, 11) is 0. The Morgan fingerprint density at radius 2 is 1.65 bits per heavy atom. The van der Waals surface area contributed by atoms with Crippen LogP contribution >= 0.6 is 11.8 Å². The summed E-state index contributed by atoms with van der Waals surface area (Å²) in [4.78, 5) is 59.4. The van der Waals surface area contributed by atoms with Gasteiger partial charge in [0.15, 0.2) is 0 Å². The molecule has 3 unspecified atom stereocenters. The van der Waals surface area contributed by atoms with Gasteiger partial charge in [-0.15, -0.1) is 0 Å². The van der Waals surface area contributed by atoms with Gasteiger partial charge in [-0.25, -0.2) is 4.79 Å². The van der Waals surface area contributed by atoms with Crippen LogP contribution in [0.5, 0.6) is 5.75 Å². The van der Waals surface area contributed by atoms with Crippen molar-refractivity contribution in [1.29, 1.82) is 0 Å². The predicted octanol–water partition coefficient (Wildman–Crippen LogP) is -1.55. The van der Waals surface area contributed by atoms with E-state index in [1.165, 1.54) is 36.0 Å². The number of phenols is 1. The second kappa shape index (κ2) is 14.8. The maximum Gasteiger partial charge on any atom is 0.326 e. The van der Waals surface area contributed by atoms with Crippen LogP contribution in [-0.4, -0.2) is 76.5 Å². The summed E-state index contributed by atoms with van der Waals surface area (Å²) in [6.07, 6.45) is 2.01. The summed E-state index contributed by atoms with van der Waals surface area (Å²) in [6, 6.07) is 2.62. The third-order valence-corrected chi connectivity index (χ3v) is 5.36. The maximum absolute atomic E-state index is 12.6. The molecule has 4 amide bonds. The molecule has 188 valence electrons. The number of hydrogen-bond acceptors (Lipinski definition) is 8. The van der Waals surface area contributed by atoms with Crippen molar-refractivity contribution in [2.75, 3.05) is 18.6 Å². The lowest BCUT2D eigenvalue weighted by Gasteiger charge is -2.21. The number of carboxylic acids is 1. The molecule has 0 radical (unpaired) electrons. The van der Waals surface area contributed by atoms with E-state index in [9.17, 15) is 34.2 Å². The van der Waals surface area contributed by atoms with Crippen molar-refractivity contribution in [3.8, 4) is 5.75 Å². The first kappa shape index (κ1) is 28.7. The largest absolute Gasteiger partial charge is 0.508 e. The highest BCUT2D eigenvalue weighted by atomic mass is 32.2. The minimum absolute atomic E-state index is 0.0229. The molecule has 3 atom stereocenters. The summed E-state index contributed by atoms with van der Waals surface area (Å²) in [5, 5.41) is 25.9. The first-order valence-electron chi connectivity index (χ1n) is 10.4. The zero-order chi connectivity index (χ0) is 25.7. The Morgan fingerprint density at radius 1 is 1.00 bits per heavy atom. The van der Waals surface area contributed by atoms with Crippen LogP contribution in [0.4, 0.5) is 0 Å². The molecule has 0 bridgehead atoms. The van der Waals surface area contributed by atoms with Crippen LogP contribution in [0, 0.1) is 0 Å². The number of nitrogens with one attached hydrogen (secondary N) is 3. The number of carbonyl (C=O) groups excluding carboxylic acids is 4. The standard InChI is InChI=1S/C21H31N5O7S/c1-34-9-8-15(26-19(30)14(22)6-7-17(23)28)20(31)24-11-18(29)25-16(21(32)33)10-12-2-4-13(27)5-3-12/h2-5,14-16,27H,6-11,22H2,1H3,(H2,23,28)(H,24,31)(H,25,29)(H,26,30)(H,32,33). The van der Waals surface area contributed by atoms with E-state index in [2.05, 4.69) is 16.0 Å². The van der Waals surface area contributed by atoms with Crippen LogP contribution < -0.4 is 27.4 Å². The Hall–Kier alpha value is -3.32. The molecule has 0 heterocycles. The van der Waals surface area contributed by atoms with Crippen molar-refractivity contribution >= 4 is 41.4 Å². The molecule has 0 fully saturated rings. The molecule has 0 aliphatic heterocycles. The van der Waals surface area contributed by atoms with E-state index in [0.29, 0.717) is 11.3 Å². The molecule has 1 rings (SSSR count). The van der Waals surface area contributed by atoms with Crippen LogP contribution in [0.15, 0.2) is 24.3 Å². The maximum atomic E-state index is 12.6. The number of primary amides is 1. The third-order valence-electron chi connectivity index (χ3n) is 4.71. The molecule has 9 N–H and O–H groups in total. The molecule has 0 aliphatic rings. The summed E-state index contributed by atoms with van der Waals surface area (Å²) < 4.78 is 0. The first-order valence-corrected chi connectivity index (χ1v) is 11.8. The lowest BCUT2D eigenvalue weighted by molar-refractivity contribution is -0.141. The molecule has 0 spiro atoms. The Kier molecular flexibility index (Phi) is 12.5. The second-order valence-corrected chi connectivity index (χ2v) is 8.49. The zero-order valence-electron chi connectivity index (χ0n) is 18.8. The predicted molar refractivity (Wildman–Crippen MR) is 126 cm³/mol. The number of rotatable bonds is 15. The van der Waals surface area contributed by atoms with E-state index >= 15 is 0 Å². The molecule has 0 aliphatic carbocycles. The van der Waals surface area contributed by atoms with Crippen LogP contribution in [0.3, 0.4) is 0 Å². The van der Waals surface area contributed by atoms with Gasteiger partial charge in [-0.1, -0.05) is 12.1 Å². The molecule has 0 aromatic heterocycles. The van der Waals surface area contributed by atoms with Crippen molar-refractivity contribution in [3.05, 3.63) is 29.8 Å². The molecular weight excluding hydrogens is 466 g/mol. The van der Waals surface area contributed by atoms with Crippen molar-refractivity contribution in [1.82, 2.24) is 16.0 Å². The Labute approximate surface area is 201 Å². The van der Waals surface area contributed by atoms with Gasteiger partial charge < -0.3 is 37.6 Å². The lowest BCUT2D eigenvalue weighted by Crippen LogP contribution is -2.53. The number of amides is 4. The highest BCUT2D eigenvalue weighted by Gasteiger charge is 2.25. The fourth-order valence-electron chi connectivity index (χ4n) is 2.82. The molecule has 13 heteroatoms. The molecule has 0 saturated heterocycles. The van der Waals surface area contributed by atoms with Crippen molar-refractivity contribution in [2.24, 2.45) is 11.5 Å². The summed E-state index contributed by atoms with van der Waals surface area (Å²) in [5.41, 5.74) is 11.4. The second-order valence-electron chi connectivity index (χ2n) is 7.50. The first-order chi connectivity index (χ1) is 16.0. The minimum atomic E-state index is -1.26. The summed E-state index contributed by atoms with van der Waals surface area (Å²) in [6.45, 7) is -0.502. The van der Waals surface area contributed by atoms with E-state index < -0.39 is 54.3 Å². The Bertz CT molecular complexity index is 866. The average molecular weight is 498 g/mol. The van der Waals surface area contributed by atoms with E-state index in [0.717, 1.165) is 0 Å². The summed E-state index contributed by atoms with van der Waals surface area (Å²) in [5.74, 6) is -3.29. The van der Waals surface area contributed by atoms with Gasteiger partial charge in [-0.05, 0) is 42.5 Å². The monoisotopic (exact) mass is 497 g/mol. The fourth-order valence-corrected chi connectivity index (χ4v) is 3.29. The van der Waals surface area contributed by atoms with Crippen molar-refractivity contribution < 1.29 is 34.2 Å². The van der Waals surface area contributed by atoms with E-state index in [-0.39, 0.29) is 31.4 Å². The van der Waals surface area contributed by atoms with Gasteiger partial charge in [0.05, 0.1) is 12.6 Å². The number of nitrogens with two attached hydrogens (primary N) is 2. The van der Waals surface area contributed by atoms with E-state index in [1.807, 2.05) is 6.26 Å². The number of hydrogen-bond donors (Lipinski definition) is 7.